The van der Waals surface area contributed by atoms with E-state index in [9.17, 15) is 4.79 Å². The Kier molecular flexibility index (Phi) is 2.92. The van der Waals surface area contributed by atoms with Crippen LogP contribution in [0.3, 0.4) is 0 Å². The molecule has 8 heteroatoms. The highest BCUT2D eigenvalue weighted by atomic mass is 32.2. The van der Waals surface area contributed by atoms with Gasteiger partial charge < -0.3 is 5.11 Å². The molecular weight excluding hydrogens is 248 g/mol. The molecule has 2 rings (SSSR count). The first-order chi connectivity index (χ1) is 7.59. The zero-order valence-electron chi connectivity index (χ0n) is 8.54. The van der Waals surface area contributed by atoms with Crippen LogP contribution in [0.1, 0.15) is 16.1 Å². The summed E-state index contributed by atoms with van der Waals surface area (Å²) in [5, 5.41) is 13.7. The van der Waals surface area contributed by atoms with Gasteiger partial charge >= 0.3 is 5.97 Å². The van der Waals surface area contributed by atoms with Gasteiger partial charge in [0.1, 0.15) is 16.9 Å². The third kappa shape index (κ3) is 1.93. The largest absolute Gasteiger partial charge is 0.478 e. The number of aromatic carboxylic acids is 1. The van der Waals surface area contributed by atoms with Gasteiger partial charge in [0.25, 0.3) is 0 Å². The highest BCUT2D eigenvalue weighted by Gasteiger charge is 2.21. The molecule has 0 atom stereocenters. The maximum atomic E-state index is 11.1. The van der Waals surface area contributed by atoms with Crippen molar-refractivity contribution in [3.8, 4) is 0 Å². The minimum absolute atomic E-state index is 0.225. The van der Waals surface area contributed by atoms with E-state index in [-0.39, 0.29) is 5.56 Å². The average Bonchev–Trinajstić information content (AvgIpc) is 2.76. The van der Waals surface area contributed by atoms with Crippen molar-refractivity contribution >= 4 is 29.3 Å². The van der Waals surface area contributed by atoms with E-state index in [0.29, 0.717) is 15.1 Å². The van der Waals surface area contributed by atoms with Crippen molar-refractivity contribution in [3.05, 3.63) is 17.6 Å². The number of aromatic nitrogens is 4. The normalized spacial score (nSPS) is 10.6. The molecule has 16 heavy (non-hydrogen) atoms. The van der Waals surface area contributed by atoms with Crippen molar-refractivity contribution < 1.29 is 9.90 Å². The Morgan fingerprint density at radius 3 is 2.94 bits per heavy atom. The van der Waals surface area contributed by atoms with Crippen molar-refractivity contribution in [1.29, 1.82) is 0 Å². The second-order valence-corrected chi connectivity index (χ2v) is 5.02. The third-order valence-electron chi connectivity index (χ3n) is 1.91. The van der Waals surface area contributed by atoms with Gasteiger partial charge in [-0.05, 0) is 30.2 Å². The van der Waals surface area contributed by atoms with Gasteiger partial charge in [-0.2, -0.15) is 9.47 Å². The van der Waals surface area contributed by atoms with Crippen LogP contribution < -0.4 is 0 Å². The standard InChI is InChI=1S/C8H8N4O2S2/c1-4-5(7(13)14)6(12(2)11-4)15-8-9-3-10-16-8/h3H,1-2H3,(H,13,14). The summed E-state index contributed by atoms with van der Waals surface area (Å²) >= 11 is 2.49. The second-order valence-electron chi connectivity index (χ2n) is 3.00. The summed E-state index contributed by atoms with van der Waals surface area (Å²) in [5.41, 5.74) is 0.727. The number of hydrogen-bond donors (Lipinski definition) is 1. The number of aryl methyl sites for hydroxylation is 2. The molecule has 0 unspecified atom stereocenters. The predicted octanol–water partition coefficient (Wildman–Crippen LogP) is 1.43. The number of nitrogens with zero attached hydrogens (tertiary/aromatic N) is 4. The molecule has 2 heterocycles. The van der Waals surface area contributed by atoms with Crippen LogP contribution in [0.15, 0.2) is 15.7 Å². The first-order valence-corrected chi connectivity index (χ1v) is 5.90. The van der Waals surface area contributed by atoms with Crippen LogP contribution in [0.5, 0.6) is 0 Å². The number of carboxylic acid groups (broad SMARTS) is 1. The predicted molar refractivity (Wildman–Crippen MR) is 58.9 cm³/mol. The molecule has 1 N–H and O–H groups in total. The van der Waals surface area contributed by atoms with Crippen LogP contribution in [0, 0.1) is 6.92 Å². The fourth-order valence-corrected chi connectivity index (χ4v) is 2.86. The molecule has 0 spiro atoms. The molecule has 0 aliphatic carbocycles. The van der Waals surface area contributed by atoms with Crippen LogP contribution in [0.25, 0.3) is 0 Å². The van der Waals surface area contributed by atoms with Crippen LogP contribution in [-0.2, 0) is 7.05 Å². The van der Waals surface area contributed by atoms with Crippen LogP contribution in [0.2, 0.25) is 0 Å². The fraction of sp³-hybridized carbons (Fsp3) is 0.250. The molecule has 0 aromatic carbocycles. The third-order valence-corrected chi connectivity index (χ3v) is 3.79. The maximum Gasteiger partial charge on any atom is 0.340 e. The lowest BCUT2D eigenvalue weighted by Gasteiger charge is -1.99. The molecule has 0 fully saturated rings. The smallest absolute Gasteiger partial charge is 0.340 e. The van der Waals surface area contributed by atoms with Crippen LogP contribution in [-0.4, -0.2) is 30.2 Å². The van der Waals surface area contributed by atoms with Gasteiger partial charge in [-0.1, -0.05) is 0 Å². The molecule has 2 aromatic heterocycles. The van der Waals surface area contributed by atoms with Gasteiger partial charge in [0.2, 0.25) is 0 Å². The molecule has 0 radical (unpaired) electrons. The molecule has 0 saturated heterocycles. The molecule has 0 saturated carbocycles. The Balaban J connectivity index is 2.43. The Morgan fingerprint density at radius 1 is 1.62 bits per heavy atom. The molecule has 0 amide bonds. The van der Waals surface area contributed by atoms with E-state index in [1.54, 1.807) is 18.7 Å². The van der Waals surface area contributed by atoms with E-state index in [2.05, 4.69) is 14.5 Å². The number of carbonyl (C=O) groups is 1. The number of hydrogen-bond acceptors (Lipinski definition) is 6. The lowest BCUT2D eigenvalue weighted by Crippen LogP contribution is -2.00. The topological polar surface area (TPSA) is 80.9 Å². The summed E-state index contributed by atoms with van der Waals surface area (Å²) < 4.78 is 6.11. The summed E-state index contributed by atoms with van der Waals surface area (Å²) in [4.78, 5) is 15.1. The lowest BCUT2D eigenvalue weighted by atomic mass is 10.3. The van der Waals surface area contributed by atoms with Gasteiger partial charge in [-0.3, -0.25) is 4.68 Å². The summed E-state index contributed by atoms with van der Waals surface area (Å²) in [5.74, 6) is -0.974. The van der Waals surface area contributed by atoms with E-state index in [0.717, 1.165) is 0 Å². The van der Waals surface area contributed by atoms with Gasteiger partial charge in [-0.25, -0.2) is 9.78 Å². The average molecular weight is 256 g/mol. The quantitative estimate of drug-likeness (QED) is 0.894. The highest BCUT2D eigenvalue weighted by Crippen LogP contribution is 2.31. The van der Waals surface area contributed by atoms with E-state index in [1.165, 1.54) is 29.6 Å². The van der Waals surface area contributed by atoms with Crippen molar-refractivity contribution in [2.75, 3.05) is 0 Å². The monoisotopic (exact) mass is 256 g/mol. The van der Waals surface area contributed by atoms with E-state index in [4.69, 9.17) is 5.11 Å². The summed E-state index contributed by atoms with van der Waals surface area (Å²) in [7, 11) is 1.71. The van der Waals surface area contributed by atoms with Gasteiger partial charge in [0.05, 0.1) is 5.69 Å². The van der Waals surface area contributed by atoms with Crippen molar-refractivity contribution in [2.45, 2.75) is 16.3 Å². The minimum Gasteiger partial charge on any atom is -0.478 e. The van der Waals surface area contributed by atoms with Crippen molar-refractivity contribution in [3.63, 3.8) is 0 Å². The summed E-state index contributed by atoms with van der Waals surface area (Å²) in [6, 6.07) is 0. The molecule has 0 aliphatic rings. The van der Waals surface area contributed by atoms with E-state index >= 15 is 0 Å². The van der Waals surface area contributed by atoms with Crippen LogP contribution in [0.4, 0.5) is 0 Å². The van der Waals surface area contributed by atoms with Gasteiger partial charge in [-0.15, -0.1) is 0 Å². The first kappa shape index (κ1) is 11.1. The van der Waals surface area contributed by atoms with E-state index in [1.807, 2.05) is 0 Å². The molecule has 0 bridgehead atoms. The molecule has 84 valence electrons. The Hall–Kier alpha value is -1.41. The van der Waals surface area contributed by atoms with E-state index < -0.39 is 5.97 Å². The maximum absolute atomic E-state index is 11.1. The number of carboxylic acids is 1. The SMILES string of the molecule is Cc1nn(C)c(Sc2ncns2)c1C(=O)O. The summed E-state index contributed by atoms with van der Waals surface area (Å²) in [6.45, 7) is 1.67. The van der Waals surface area contributed by atoms with Crippen LogP contribution >= 0.6 is 23.3 Å². The zero-order chi connectivity index (χ0) is 11.7. The number of rotatable bonds is 3. The molecule has 2 aromatic rings. The lowest BCUT2D eigenvalue weighted by molar-refractivity contribution is 0.0692. The zero-order valence-corrected chi connectivity index (χ0v) is 10.2. The van der Waals surface area contributed by atoms with Gasteiger partial charge in [0, 0.05) is 7.05 Å². The molecular formula is C8H8N4O2S2. The highest BCUT2D eigenvalue weighted by molar-refractivity contribution is 8.01. The first-order valence-electron chi connectivity index (χ1n) is 4.31. The molecule has 6 nitrogen and oxygen atoms in total. The van der Waals surface area contributed by atoms with Gasteiger partial charge in [0.15, 0.2) is 4.34 Å². The second kappa shape index (κ2) is 4.22. The van der Waals surface area contributed by atoms with Crippen molar-refractivity contribution in [2.24, 2.45) is 7.05 Å². The molecule has 0 aliphatic heterocycles. The van der Waals surface area contributed by atoms with Crippen molar-refractivity contribution in [1.82, 2.24) is 19.1 Å². The minimum atomic E-state index is -0.974. The fourth-order valence-electron chi connectivity index (χ4n) is 1.29. The Labute approximate surface area is 99.5 Å². The Morgan fingerprint density at radius 2 is 2.38 bits per heavy atom. The summed E-state index contributed by atoms with van der Waals surface area (Å²) in [6.07, 6.45) is 1.44. The Bertz CT molecular complexity index is 520.